The maximum absolute atomic E-state index is 12.4. The molecule has 1 fully saturated rings. The summed E-state index contributed by atoms with van der Waals surface area (Å²) >= 11 is 3.46. The van der Waals surface area contributed by atoms with Gasteiger partial charge in [-0.1, -0.05) is 0 Å². The molecular formula is C14H18BrNO2. The lowest BCUT2D eigenvalue weighted by Gasteiger charge is -2.22. The maximum Gasteiger partial charge on any atom is 0.168 e. The van der Waals surface area contributed by atoms with E-state index in [1.165, 1.54) is 0 Å². The van der Waals surface area contributed by atoms with Crippen LogP contribution in [0.4, 0.5) is 0 Å². The zero-order chi connectivity index (χ0) is 13.0. The molecule has 1 heterocycles. The number of benzene rings is 1. The molecule has 0 aromatic heterocycles. The molecule has 0 saturated carbocycles. The monoisotopic (exact) mass is 311 g/mol. The molecule has 18 heavy (non-hydrogen) atoms. The van der Waals surface area contributed by atoms with Crippen molar-refractivity contribution in [3.05, 3.63) is 28.2 Å². The van der Waals surface area contributed by atoms with E-state index in [2.05, 4.69) is 21.2 Å². The largest absolute Gasteiger partial charge is 0.494 e. The van der Waals surface area contributed by atoms with Gasteiger partial charge in [0.15, 0.2) is 5.78 Å². The number of rotatable bonds is 4. The van der Waals surface area contributed by atoms with Gasteiger partial charge >= 0.3 is 0 Å². The van der Waals surface area contributed by atoms with E-state index < -0.39 is 0 Å². The molecule has 1 aliphatic heterocycles. The highest BCUT2D eigenvalue weighted by atomic mass is 79.9. The summed E-state index contributed by atoms with van der Waals surface area (Å²) in [5.41, 5.74) is 0.757. The second kappa shape index (κ2) is 6.34. The van der Waals surface area contributed by atoms with Crippen LogP contribution in [0.15, 0.2) is 22.7 Å². The molecule has 0 amide bonds. The van der Waals surface area contributed by atoms with Gasteiger partial charge in [-0.05, 0) is 60.4 Å². The molecule has 4 heteroatoms. The van der Waals surface area contributed by atoms with E-state index in [1.54, 1.807) is 0 Å². The Labute approximate surface area is 116 Å². The minimum absolute atomic E-state index is 0.105. The quantitative estimate of drug-likeness (QED) is 0.869. The van der Waals surface area contributed by atoms with E-state index in [-0.39, 0.29) is 11.7 Å². The van der Waals surface area contributed by atoms with Crippen molar-refractivity contribution < 1.29 is 9.53 Å². The van der Waals surface area contributed by atoms with Crippen LogP contribution < -0.4 is 10.1 Å². The second-order valence-corrected chi connectivity index (χ2v) is 5.34. The van der Waals surface area contributed by atoms with Gasteiger partial charge in [-0.25, -0.2) is 0 Å². The summed E-state index contributed by atoms with van der Waals surface area (Å²) in [5, 5.41) is 3.28. The SMILES string of the molecule is CCOc1ccc(C(=O)C2CCCNC2)c(Br)c1. The minimum Gasteiger partial charge on any atom is -0.494 e. The third-order valence-corrected chi connectivity index (χ3v) is 3.84. The number of halogens is 1. The predicted octanol–water partition coefficient (Wildman–Crippen LogP) is 3.03. The van der Waals surface area contributed by atoms with Gasteiger partial charge in [0.05, 0.1) is 6.61 Å². The van der Waals surface area contributed by atoms with Gasteiger partial charge in [0, 0.05) is 22.5 Å². The van der Waals surface area contributed by atoms with E-state index in [0.29, 0.717) is 6.61 Å². The fraction of sp³-hybridized carbons (Fsp3) is 0.500. The van der Waals surface area contributed by atoms with Crippen molar-refractivity contribution in [3.8, 4) is 5.75 Å². The third-order valence-electron chi connectivity index (χ3n) is 3.18. The highest BCUT2D eigenvalue weighted by Gasteiger charge is 2.23. The molecule has 1 aromatic carbocycles. The lowest BCUT2D eigenvalue weighted by atomic mass is 9.91. The molecule has 1 N–H and O–H groups in total. The number of Topliss-reactive ketones (excluding diaryl/α,β-unsaturated/α-hetero) is 1. The summed E-state index contributed by atoms with van der Waals surface area (Å²) in [7, 11) is 0. The van der Waals surface area contributed by atoms with Crippen LogP contribution in [0.3, 0.4) is 0 Å². The van der Waals surface area contributed by atoms with Crippen LogP contribution in [0.25, 0.3) is 0 Å². The predicted molar refractivity (Wildman–Crippen MR) is 75.2 cm³/mol. The second-order valence-electron chi connectivity index (χ2n) is 4.48. The molecule has 98 valence electrons. The average molecular weight is 312 g/mol. The van der Waals surface area contributed by atoms with Crippen molar-refractivity contribution in [1.82, 2.24) is 5.32 Å². The summed E-state index contributed by atoms with van der Waals surface area (Å²) in [4.78, 5) is 12.4. The highest BCUT2D eigenvalue weighted by molar-refractivity contribution is 9.10. The number of carbonyl (C=O) groups excluding carboxylic acids is 1. The number of piperidine rings is 1. The van der Waals surface area contributed by atoms with Gasteiger partial charge < -0.3 is 10.1 Å². The summed E-state index contributed by atoms with van der Waals surface area (Å²) in [6, 6.07) is 5.58. The highest BCUT2D eigenvalue weighted by Crippen LogP contribution is 2.27. The Balaban J connectivity index is 2.14. The molecular weight excluding hydrogens is 294 g/mol. The van der Waals surface area contributed by atoms with Crippen molar-refractivity contribution in [3.63, 3.8) is 0 Å². The Morgan fingerprint density at radius 3 is 3.00 bits per heavy atom. The fourth-order valence-electron chi connectivity index (χ4n) is 2.25. The molecule has 1 unspecified atom stereocenters. The summed E-state index contributed by atoms with van der Waals surface area (Å²) < 4.78 is 6.24. The number of carbonyl (C=O) groups is 1. The van der Waals surface area contributed by atoms with Crippen LogP contribution in [0, 0.1) is 5.92 Å². The van der Waals surface area contributed by atoms with Crippen molar-refractivity contribution in [1.29, 1.82) is 0 Å². The molecule has 3 nitrogen and oxygen atoms in total. The van der Waals surface area contributed by atoms with Crippen LogP contribution in [0.5, 0.6) is 5.75 Å². The van der Waals surface area contributed by atoms with Crippen LogP contribution in [0.2, 0.25) is 0 Å². The molecule has 2 rings (SSSR count). The standard InChI is InChI=1S/C14H18BrNO2/c1-2-18-11-5-6-12(13(15)8-11)14(17)10-4-3-7-16-9-10/h5-6,8,10,16H,2-4,7,9H2,1H3. The number of nitrogens with one attached hydrogen (secondary N) is 1. The molecule has 0 aliphatic carbocycles. The lowest BCUT2D eigenvalue weighted by molar-refractivity contribution is 0.0899. The molecule has 0 radical (unpaired) electrons. The van der Waals surface area contributed by atoms with E-state index in [4.69, 9.17) is 4.74 Å². The number of ether oxygens (including phenoxy) is 1. The zero-order valence-corrected chi connectivity index (χ0v) is 12.1. The zero-order valence-electron chi connectivity index (χ0n) is 10.5. The summed E-state index contributed by atoms with van der Waals surface area (Å²) in [6.45, 7) is 4.39. The lowest BCUT2D eigenvalue weighted by Crippen LogP contribution is -2.34. The first-order chi connectivity index (χ1) is 8.72. The van der Waals surface area contributed by atoms with Crippen molar-refractivity contribution in [2.45, 2.75) is 19.8 Å². The Morgan fingerprint density at radius 1 is 1.56 bits per heavy atom. The maximum atomic E-state index is 12.4. The van der Waals surface area contributed by atoms with Crippen molar-refractivity contribution in [2.75, 3.05) is 19.7 Å². The number of hydrogen-bond acceptors (Lipinski definition) is 3. The van der Waals surface area contributed by atoms with Gasteiger partial charge in [-0.15, -0.1) is 0 Å². The Bertz CT molecular complexity index is 428. The Hall–Kier alpha value is -0.870. The van der Waals surface area contributed by atoms with Gasteiger partial charge in [0.2, 0.25) is 0 Å². The number of hydrogen-bond donors (Lipinski definition) is 1. The Morgan fingerprint density at radius 2 is 2.39 bits per heavy atom. The van der Waals surface area contributed by atoms with E-state index in [0.717, 1.165) is 41.7 Å². The molecule has 1 aromatic rings. The third kappa shape index (κ3) is 3.12. The van der Waals surface area contributed by atoms with Gasteiger partial charge in [0.1, 0.15) is 5.75 Å². The number of ketones is 1. The van der Waals surface area contributed by atoms with E-state index in [1.807, 2.05) is 25.1 Å². The Kier molecular flexibility index (Phi) is 4.78. The first kappa shape index (κ1) is 13.6. The first-order valence-electron chi connectivity index (χ1n) is 6.39. The fourth-order valence-corrected chi connectivity index (χ4v) is 2.80. The summed E-state index contributed by atoms with van der Waals surface area (Å²) in [6.07, 6.45) is 2.05. The van der Waals surface area contributed by atoms with E-state index >= 15 is 0 Å². The molecule has 0 spiro atoms. The van der Waals surface area contributed by atoms with Crippen molar-refractivity contribution >= 4 is 21.7 Å². The smallest absolute Gasteiger partial charge is 0.168 e. The van der Waals surface area contributed by atoms with Gasteiger partial charge in [-0.3, -0.25) is 4.79 Å². The normalized spacial score (nSPS) is 19.6. The molecule has 0 bridgehead atoms. The first-order valence-corrected chi connectivity index (χ1v) is 7.19. The summed E-state index contributed by atoms with van der Waals surface area (Å²) in [5.74, 6) is 1.12. The van der Waals surface area contributed by atoms with Gasteiger partial charge in [-0.2, -0.15) is 0 Å². The van der Waals surface area contributed by atoms with Crippen LogP contribution >= 0.6 is 15.9 Å². The average Bonchev–Trinajstić information content (AvgIpc) is 2.40. The molecule has 1 aliphatic rings. The topological polar surface area (TPSA) is 38.3 Å². The molecule has 1 saturated heterocycles. The minimum atomic E-state index is 0.105. The van der Waals surface area contributed by atoms with E-state index in [9.17, 15) is 4.79 Å². The van der Waals surface area contributed by atoms with Crippen LogP contribution in [-0.2, 0) is 0 Å². The van der Waals surface area contributed by atoms with Crippen LogP contribution in [-0.4, -0.2) is 25.5 Å². The van der Waals surface area contributed by atoms with Crippen LogP contribution in [0.1, 0.15) is 30.1 Å². The van der Waals surface area contributed by atoms with Crippen molar-refractivity contribution in [2.24, 2.45) is 5.92 Å². The molecule has 1 atom stereocenters. The van der Waals surface area contributed by atoms with Gasteiger partial charge in [0.25, 0.3) is 0 Å².